The van der Waals surface area contributed by atoms with E-state index in [4.69, 9.17) is 9.47 Å². The molecule has 2 heterocycles. The van der Waals surface area contributed by atoms with Crippen LogP contribution in [0.3, 0.4) is 0 Å². The number of aromatic hydroxyl groups is 2. The number of aromatic nitrogens is 3. The number of hydrogen-bond acceptors (Lipinski definition) is 8. The molecule has 0 spiro atoms. The number of carbonyl (C=O) groups excluding carboxylic acids is 2. The zero-order valence-corrected chi connectivity index (χ0v) is 22.4. The maximum absolute atomic E-state index is 14.1. The lowest BCUT2D eigenvalue weighted by molar-refractivity contribution is -0.142. The van der Waals surface area contributed by atoms with Crippen LogP contribution >= 0.6 is 0 Å². The van der Waals surface area contributed by atoms with Gasteiger partial charge in [0.1, 0.15) is 18.1 Å². The maximum Gasteiger partial charge on any atom is 0.247 e. The molecule has 4 aromatic rings. The molecule has 3 N–H and O–H groups in total. The Hall–Kier alpha value is -4.80. The number of nitrogens with zero attached hydrogens (tertiary/aromatic N) is 4. The molecule has 0 radical (unpaired) electrons. The molecular formula is C30H31N5O6. The second-order valence-electron chi connectivity index (χ2n) is 10.4. The molecule has 0 bridgehead atoms. The number of benzene rings is 3. The second kappa shape index (κ2) is 11.4. The second-order valence-corrected chi connectivity index (χ2v) is 10.4. The van der Waals surface area contributed by atoms with Gasteiger partial charge in [-0.15, -0.1) is 5.10 Å². The molecule has 1 saturated carbocycles. The highest BCUT2D eigenvalue weighted by Gasteiger charge is 2.34. The lowest BCUT2D eigenvalue weighted by Crippen LogP contribution is -2.47. The molecule has 3 aromatic carbocycles. The molecule has 1 fully saturated rings. The summed E-state index contributed by atoms with van der Waals surface area (Å²) in [5.74, 6) is -0.272. The Bertz CT molecular complexity index is 1580. The lowest BCUT2D eigenvalue weighted by Gasteiger charge is -2.33. The molecule has 2 amide bonds. The highest BCUT2D eigenvalue weighted by molar-refractivity contribution is 5.89. The number of rotatable bonds is 8. The summed E-state index contributed by atoms with van der Waals surface area (Å²) in [5, 5.41) is 31.8. The maximum atomic E-state index is 14.1. The minimum Gasteiger partial charge on any atom is -0.504 e. The van der Waals surface area contributed by atoms with E-state index in [-0.39, 0.29) is 49.2 Å². The molecular weight excluding hydrogens is 526 g/mol. The first-order chi connectivity index (χ1) is 20.0. The summed E-state index contributed by atoms with van der Waals surface area (Å²) in [6.45, 7) is 0.00877. The highest BCUT2D eigenvalue weighted by Crippen LogP contribution is 2.35. The Kier molecular flexibility index (Phi) is 7.32. The monoisotopic (exact) mass is 557 g/mol. The van der Waals surface area contributed by atoms with Crippen molar-refractivity contribution in [3.05, 3.63) is 71.8 Å². The predicted molar refractivity (Wildman–Crippen MR) is 148 cm³/mol. The van der Waals surface area contributed by atoms with Gasteiger partial charge in [0.2, 0.25) is 18.6 Å². The van der Waals surface area contributed by atoms with Crippen LogP contribution < -0.4 is 14.8 Å². The molecule has 11 heteroatoms. The smallest absolute Gasteiger partial charge is 0.247 e. The summed E-state index contributed by atoms with van der Waals surface area (Å²) in [6.07, 6.45) is 4.90. The average molecular weight is 558 g/mol. The van der Waals surface area contributed by atoms with Gasteiger partial charge in [0.25, 0.3) is 0 Å². The number of nitrogens with one attached hydrogen (secondary N) is 1. The van der Waals surface area contributed by atoms with E-state index in [1.807, 2.05) is 30.3 Å². The van der Waals surface area contributed by atoms with Crippen molar-refractivity contribution in [1.82, 2.24) is 25.2 Å². The first kappa shape index (κ1) is 26.4. The Labute approximate surface area is 236 Å². The third-order valence-electron chi connectivity index (χ3n) is 7.64. The normalized spacial score (nSPS) is 15.5. The molecule has 212 valence electrons. The number of ether oxygens (including phenoxy) is 2. The first-order valence-corrected chi connectivity index (χ1v) is 13.7. The molecule has 1 aliphatic heterocycles. The summed E-state index contributed by atoms with van der Waals surface area (Å²) >= 11 is 0. The van der Waals surface area contributed by atoms with Gasteiger partial charge < -0.3 is 29.9 Å². The average Bonchev–Trinajstić information content (AvgIpc) is 3.62. The van der Waals surface area contributed by atoms with Crippen LogP contribution in [0.4, 0.5) is 0 Å². The van der Waals surface area contributed by atoms with Crippen LogP contribution in [0.25, 0.3) is 11.0 Å². The number of para-hydroxylation sites is 1. The molecule has 1 aliphatic carbocycles. The Balaban J connectivity index is 1.39. The van der Waals surface area contributed by atoms with E-state index in [0.29, 0.717) is 28.1 Å². The Morgan fingerprint density at radius 3 is 2.61 bits per heavy atom. The molecule has 0 saturated heterocycles. The van der Waals surface area contributed by atoms with Crippen molar-refractivity contribution in [2.75, 3.05) is 6.79 Å². The number of phenols is 2. The van der Waals surface area contributed by atoms with Crippen molar-refractivity contribution in [3.8, 4) is 23.0 Å². The third kappa shape index (κ3) is 5.60. The Morgan fingerprint density at radius 2 is 1.78 bits per heavy atom. The number of hydrogen-bond donors (Lipinski definition) is 3. The first-order valence-electron chi connectivity index (χ1n) is 13.7. The van der Waals surface area contributed by atoms with Gasteiger partial charge in [0, 0.05) is 12.6 Å². The van der Waals surface area contributed by atoms with Gasteiger partial charge in [0.05, 0.1) is 5.52 Å². The zero-order valence-electron chi connectivity index (χ0n) is 22.4. The SMILES string of the molecule is O=C(NC1CCCCC1)[C@H](c1ccc(O)c(O)c1)N(Cc1ccc2c(c1)OCO2)C(=O)Cn1nnc2ccccc21. The van der Waals surface area contributed by atoms with Crippen molar-refractivity contribution in [1.29, 1.82) is 0 Å². The fourth-order valence-electron chi connectivity index (χ4n) is 5.52. The minimum atomic E-state index is -1.10. The topological polar surface area (TPSA) is 139 Å². The van der Waals surface area contributed by atoms with Gasteiger partial charge in [0.15, 0.2) is 23.0 Å². The fraction of sp³-hybridized carbons (Fsp3) is 0.333. The largest absolute Gasteiger partial charge is 0.504 e. The van der Waals surface area contributed by atoms with E-state index in [1.165, 1.54) is 21.7 Å². The molecule has 1 atom stereocenters. The summed E-state index contributed by atoms with van der Waals surface area (Å²) in [7, 11) is 0. The predicted octanol–water partition coefficient (Wildman–Crippen LogP) is 3.79. The number of carbonyl (C=O) groups is 2. The fourth-order valence-corrected chi connectivity index (χ4v) is 5.52. The molecule has 11 nitrogen and oxygen atoms in total. The van der Waals surface area contributed by atoms with Crippen molar-refractivity contribution in [2.45, 2.75) is 57.3 Å². The van der Waals surface area contributed by atoms with E-state index >= 15 is 0 Å². The third-order valence-corrected chi connectivity index (χ3v) is 7.64. The van der Waals surface area contributed by atoms with E-state index in [0.717, 1.165) is 37.7 Å². The van der Waals surface area contributed by atoms with Crippen molar-refractivity contribution in [3.63, 3.8) is 0 Å². The van der Waals surface area contributed by atoms with E-state index < -0.39 is 6.04 Å². The van der Waals surface area contributed by atoms with Crippen molar-refractivity contribution in [2.24, 2.45) is 0 Å². The lowest BCUT2D eigenvalue weighted by atomic mass is 9.94. The van der Waals surface area contributed by atoms with E-state index in [1.54, 1.807) is 18.2 Å². The number of phenolic OH excluding ortho intramolecular Hbond substituents is 2. The summed E-state index contributed by atoms with van der Waals surface area (Å²) in [4.78, 5) is 29.6. The Morgan fingerprint density at radius 1 is 0.976 bits per heavy atom. The molecule has 1 aromatic heterocycles. The summed E-state index contributed by atoms with van der Waals surface area (Å²) < 4.78 is 12.5. The van der Waals surface area contributed by atoms with Crippen LogP contribution in [0.5, 0.6) is 23.0 Å². The standard InChI is InChI=1S/C30H31N5O6/c36-24-12-11-20(15-25(24)37)29(30(39)31-21-6-2-1-3-7-21)34(16-19-10-13-26-27(14-19)41-18-40-26)28(38)17-35-23-9-5-4-8-22(23)32-33-35/h4-5,8-15,21,29,36-37H,1-3,6-7,16-18H2,(H,31,39)/t29-/m0/s1. The van der Waals surface area contributed by atoms with E-state index in [2.05, 4.69) is 15.6 Å². The summed E-state index contributed by atoms with van der Waals surface area (Å²) in [5.41, 5.74) is 2.43. The van der Waals surface area contributed by atoms with Gasteiger partial charge in [-0.1, -0.05) is 48.7 Å². The molecule has 41 heavy (non-hydrogen) atoms. The van der Waals surface area contributed by atoms with Crippen LogP contribution in [0.2, 0.25) is 0 Å². The van der Waals surface area contributed by atoms with Crippen LogP contribution in [-0.2, 0) is 22.7 Å². The number of amides is 2. The van der Waals surface area contributed by atoms with Gasteiger partial charge in [-0.2, -0.15) is 0 Å². The van der Waals surface area contributed by atoms with Crippen LogP contribution in [-0.4, -0.2) is 54.8 Å². The zero-order chi connectivity index (χ0) is 28.3. The van der Waals surface area contributed by atoms with Crippen molar-refractivity contribution < 1.29 is 29.3 Å². The van der Waals surface area contributed by atoms with Gasteiger partial charge in [-0.05, 0) is 60.4 Å². The van der Waals surface area contributed by atoms with Crippen molar-refractivity contribution >= 4 is 22.8 Å². The van der Waals surface area contributed by atoms with Gasteiger partial charge in [-0.25, -0.2) is 4.68 Å². The molecule has 6 rings (SSSR count). The van der Waals surface area contributed by atoms with Crippen LogP contribution in [0.1, 0.15) is 49.3 Å². The van der Waals surface area contributed by atoms with E-state index in [9.17, 15) is 19.8 Å². The highest BCUT2D eigenvalue weighted by atomic mass is 16.7. The summed E-state index contributed by atoms with van der Waals surface area (Å²) in [6, 6.07) is 15.8. The molecule has 0 unspecified atom stereocenters. The van der Waals surface area contributed by atoms with Crippen LogP contribution in [0, 0.1) is 0 Å². The minimum absolute atomic E-state index is 0.00813. The van der Waals surface area contributed by atoms with Gasteiger partial charge >= 0.3 is 0 Å². The number of fused-ring (bicyclic) bond motifs is 2. The van der Waals surface area contributed by atoms with Gasteiger partial charge in [-0.3, -0.25) is 9.59 Å². The molecule has 2 aliphatic rings. The quantitative estimate of drug-likeness (QED) is 0.278. The van der Waals surface area contributed by atoms with Crippen LogP contribution in [0.15, 0.2) is 60.7 Å².